The van der Waals surface area contributed by atoms with Gasteiger partial charge >= 0.3 is 0 Å². The second-order valence-corrected chi connectivity index (χ2v) is 5.47. The zero-order chi connectivity index (χ0) is 11.5. The van der Waals surface area contributed by atoms with Gasteiger partial charge in [-0.05, 0) is 44.0 Å². The third kappa shape index (κ3) is 2.75. The number of halogens is 2. The number of benzene rings is 1. The lowest BCUT2D eigenvalue weighted by Gasteiger charge is -2.07. The Labute approximate surface area is 114 Å². The summed E-state index contributed by atoms with van der Waals surface area (Å²) in [6, 6.07) is 5.75. The maximum atomic E-state index is 5.17. The molecule has 0 saturated carbocycles. The number of nitrogens with one attached hydrogen (secondary N) is 1. The largest absolute Gasteiger partial charge is 0.497 e. The van der Waals surface area contributed by atoms with Gasteiger partial charge in [0.05, 0.1) is 12.8 Å². The third-order valence-corrected chi connectivity index (χ3v) is 4.05. The van der Waals surface area contributed by atoms with Crippen molar-refractivity contribution in [3.05, 3.63) is 32.7 Å². The predicted octanol–water partition coefficient (Wildman–Crippen LogP) is 4.42. The van der Waals surface area contributed by atoms with Crippen LogP contribution in [0.4, 0.5) is 10.8 Å². The van der Waals surface area contributed by atoms with E-state index in [9.17, 15) is 0 Å². The van der Waals surface area contributed by atoms with Gasteiger partial charge in [-0.1, -0.05) is 0 Å². The van der Waals surface area contributed by atoms with E-state index < -0.39 is 0 Å². The number of rotatable bonds is 3. The number of anilines is 2. The summed E-state index contributed by atoms with van der Waals surface area (Å²) in [5.74, 6) is 0.807. The topological polar surface area (TPSA) is 34.1 Å². The summed E-state index contributed by atoms with van der Waals surface area (Å²) in [6.45, 7) is 0. The molecule has 2 aromatic rings. The van der Waals surface area contributed by atoms with Crippen molar-refractivity contribution in [2.75, 3.05) is 12.4 Å². The number of hydrogen-bond acceptors (Lipinski definition) is 4. The van der Waals surface area contributed by atoms with Crippen LogP contribution in [0.15, 0.2) is 32.7 Å². The van der Waals surface area contributed by atoms with E-state index in [-0.39, 0.29) is 0 Å². The summed E-state index contributed by atoms with van der Waals surface area (Å²) in [5, 5.41) is 5.98. The number of thiazole rings is 1. The molecule has 2 rings (SSSR count). The number of methoxy groups -OCH3 is 1. The van der Waals surface area contributed by atoms with Crippen molar-refractivity contribution in [2.45, 2.75) is 0 Å². The van der Waals surface area contributed by atoms with Gasteiger partial charge < -0.3 is 10.1 Å². The van der Waals surface area contributed by atoms with Gasteiger partial charge in [-0.15, -0.1) is 11.3 Å². The number of aromatic nitrogens is 1. The summed E-state index contributed by atoms with van der Waals surface area (Å²) in [5.41, 5.74) is 0.932. The Kier molecular flexibility index (Phi) is 3.83. The van der Waals surface area contributed by atoms with Crippen LogP contribution in [0.2, 0.25) is 0 Å². The van der Waals surface area contributed by atoms with Crippen molar-refractivity contribution >= 4 is 54.0 Å². The molecule has 0 atom stereocenters. The molecule has 6 heteroatoms. The first kappa shape index (κ1) is 11.9. The van der Waals surface area contributed by atoms with E-state index in [4.69, 9.17) is 4.74 Å². The van der Waals surface area contributed by atoms with Crippen molar-refractivity contribution in [1.29, 1.82) is 0 Å². The predicted molar refractivity (Wildman–Crippen MR) is 73.8 cm³/mol. The Balaban J connectivity index is 2.26. The zero-order valence-electron chi connectivity index (χ0n) is 8.33. The lowest BCUT2D eigenvalue weighted by atomic mass is 10.3. The van der Waals surface area contributed by atoms with Gasteiger partial charge in [-0.3, -0.25) is 0 Å². The molecule has 0 unspecified atom stereocenters. The molecule has 0 aliphatic heterocycles. The average molecular weight is 364 g/mol. The Morgan fingerprint density at radius 1 is 1.38 bits per heavy atom. The molecule has 1 aromatic heterocycles. The van der Waals surface area contributed by atoms with E-state index in [0.29, 0.717) is 0 Å². The van der Waals surface area contributed by atoms with E-state index in [2.05, 4.69) is 42.2 Å². The van der Waals surface area contributed by atoms with Crippen LogP contribution in [0.25, 0.3) is 0 Å². The van der Waals surface area contributed by atoms with Gasteiger partial charge in [0.1, 0.15) is 10.4 Å². The summed E-state index contributed by atoms with van der Waals surface area (Å²) in [6.07, 6.45) is 0. The minimum atomic E-state index is 0.807. The average Bonchev–Trinajstić information content (AvgIpc) is 2.67. The van der Waals surface area contributed by atoms with Crippen LogP contribution in [-0.2, 0) is 0 Å². The third-order valence-electron chi connectivity index (χ3n) is 1.89. The van der Waals surface area contributed by atoms with Crippen molar-refractivity contribution < 1.29 is 4.74 Å². The fraction of sp³-hybridized carbons (Fsp3) is 0.100. The van der Waals surface area contributed by atoms with Crippen molar-refractivity contribution in [1.82, 2.24) is 4.98 Å². The summed E-state index contributed by atoms with van der Waals surface area (Å²) >= 11 is 8.32. The van der Waals surface area contributed by atoms with Crippen LogP contribution in [0.3, 0.4) is 0 Å². The summed E-state index contributed by atoms with van der Waals surface area (Å²) in [7, 11) is 1.65. The molecular weight excluding hydrogens is 356 g/mol. The maximum Gasteiger partial charge on any atom is 0.188 e. The molecule has 0 radical (unpaired) electrons. The van der Waals surface area contributed by atoms with Crippen LogP contribution in [0.5, 0.6) is 5.75 Å². The van der Waals surface area contributed by atoms with Crippen molar-refractivity contribution in [3.63, 3.8) is 0 Å². The van der Waals surface area contributed by atoms with Gasteiger partial charge in [-0.2, -0.15) is 0 Å². The van der Waals surface area contributed by atoms with E-state index in [0.717, 1.165) is 25.6 Å². The smallest absolute Gasteiger partial charge is 0.188 e. The molecule has 0 amide bonds. The molecule has 0 saturated heterocycles. The first-order valence-corrected chi connectivity index (χ1v) is 6.87. The van der Waals surface area contributed by atoms with E-state index >= 15 is 0 Å². The highest BCUT2D eigenvalue weighted by Gasteiger charge is 2.05. The summed E-state index contributed by atoms with van der Waals surface area (Å²) in [4.78, 5) is 4.26. The quantitative estimate of drug-likeness (QED) is 0.876. The highest BCUT2D eigenvalue weighted by atomic mass is 79.9. The van der Waals surface area contributed by atoms with Crippen LogP contribution < -0.4 is 10.1 Å². The first-order valence-electron chi connectivity index (χ1n) is 4.40. The van der Waals surface area contributed by atoms with Gasteiger partial charge in [0.2, 0.25) is 0 Å². The Morgan fingerprint density at radius 3 is 2.81 bits per heavy atom. The second kappa shape index (κ2) is 5.16. The molecule has 84 valence electrons. The molecular formula is C10H8Br2N2OS. The monoisotopic (exact) mass is 362 g/mol. The zero-order valence-corrected chi connectivity index (χ0v) is 12.3. The second-order valence-electron chi connectivity index (χ2n) is 2.95. The Morgan fingerprint density at radius 2 is 2.19 bits per heavy atom. The number of nitrogens with zero attached hydrogens (tertiary/aromatic N) is 1. The molecule has 1 heterocycles. The number of ether oxygens (including phenoxy) is 1. The number of hydrogen-bond donors (Lipinski definition) is 1. The van der Waals surface area contributed by atoms with E-state index in [1.807, 2.05) is 23.6 Å². The molecule has 0 aliphatic rings. The highest BCUT2D eigenvalue weighted by Crippen LogP contribution is 2.31. The van der Waals surface area contributed by atoms with Crippen LogP contribution in [-0.4, -0.2) is 12.1 Å². The van der Waals surface area contributed by atoms with Gasteiger partial charge in [0.15, 0.2) is 5.13 Å². The SMILES string of the molecule is COc1ccc(Br)c(Nc2nc(Br)cs2)c1. The Bertz CT molecular complexity index is 501. The fourth-order valence-corrected chi connectivity index (χ4v) is 2.66. The lowest BCUT2D eigenvalue weighted by molar-refractivity contribution is 0.415. The highest BCUT2D eigenvalue weighted by molar-refractivity contribution is 9.10. The molecule has 1 N–H and O–H groups in total. The van der Waals surface area contributed by atoms with Crippen molar-refractivity contribution in [2.24, 2.45) is 0 Å². The first-order chi connectivity index (χ1) is 7.69. The molecule has 16 heavy (non-hydrogen) atoms. The van der Waals surface area contributed by atoms with Crippen LogP contribution in [0.1, 0.15) is 0 Å². The van der Waals surface area contributed by atoms with Gasteiger partial charge in [0.25, 0.3) is 0 Å². The molecule has 0 bridgehead atoms. The summed E-state index contributed by atoms with van der Waals surface area (Å²) < 4.78 is 6.97. The maximum absolute atomic E-state index is 5.17. The molecule has 0 aliphatic carbocycles. The molecule has 3 nitrogen and oxygen atoms in total. The molecule has 0 spiro atoms. The van der Waals surface area contributed by atoms with Crippen LogP contribution >= 0.6 is 43.2 Å². The molecule has 0 fully saturated rings. The van der Waals surface area contributed by atoms with Crippen molar-refractivity contribution in [3.8, 4) is 5.75 Å². The van der Waals surface area contributed by atoms with E-state index in [1.165, 1.54) is 11.3 Å². The van der Waals surface area contributed by atoms with Gasteiger partial charge in [0, 0.05) is 15.9 Å². The lowest BCUT2D eigenvalue weighted by Crippen LogP contribution is -1.92. The molecule has 1 aromatic carbocycles. The van der Waals surface area contributed by atoms with Gasteiger partial charge in [-0.25, -0.2) is 4.98 Å². The minimum absolute atomic E-state index is 0.807. The standard InChI is InChI=1S/C10H8Br2N2OS/c1-15-6-2-3-7(11)8(4-6)13-10-14-9(12)5-16-10/h2-5H,1H3,(H,13,14). The Hall–Kier alpha value is -0.590. The normalized spacial score (nSPS) is 10.2. The minimum Gasteiger partial charge on any atom is -0.497 e. The van der Waals surface area contributed by atoms with Crippen LogP contribution in [0, 0.1) is 0 Å². The van der Waals surface area contributed by atoms with E-state index in [1.54, 1.807) is 7.11 Å². The fourth-order valence-electron chi connectivity index (χ4n) is 1.15.